The third-order valence-corrected chi connectivity index (χ3v) is 5.05. The monoisotopic (exact) mass is 328 g/mol. The fourth-order valence-electron chi connectivity index (χ4n) is 3.49. The lowest BCUT2D eigenvalue weighted by Gasteiger charge is -2.26. The van der Waals surface area contributed by atoms with Gasteiger partial charge < -0.3 is 9.64 Å². The molecule has 1 saturated carbocycles. The number of ether oxygens (including phenoxy) is 1. The first kappa shape index (κ1) is 17.0. The number of carbonyl (C=O) groups is 1. The normalized spacial score (nSPS) is 21.3. The highest BCUT2D eigenvalue weighted by Crippen LogP contribution is 2.27. The Labute approximate surface area is 144 Å². The molecule has 0 aliphatic heterocycles. The highest BCUT2D eigenvalue weighted by Gasteiger charge is 2.23. The fourth-order valence-corrected chi connectivity index (χ4v) is 3.49. The molecule has 1 aliphatic carbocycles. The van der Waals surface area contributed by atoms with Crippen molar-refractivity contribution in [3.63, 3.8) is 0 Å². The Morgan fingerprint density at radius 3 is 2.62 bits per heavy atom. The van der Waals surface area contributed by atoms with E-state index in [1.54, 1.807) is 4.57 Å². The van der Waals surface area contributed by atoms with Crippen molar-refractivity contribution >= 4 is 17.0 Å². The van der Waals surface area contributed by atoms with E-state index in [4.69, 9.17) is 4.74 Å². The summed E-state index contributed by atoms with van der Waals surface area (Å²) in [6.45, 7) is 3.23. The highest BCUT2D eigenvalue weighted by molar-refractivity contribution is 5.92. The van der Waals surface area contributed by atoms with Crippen LogP contribution in [0.1, 0.15) is 38.2 Å². The van der Waals surface area contributed by atoms with Gasteiger partial charge in [0.05, 0.1) is 5.52 Å². The van der Waals surface area contributed by atoms with Crippen LogP contribution < -0.4 is 0 Å². The molecule has 0 radical (unpaired) electrons. The fraction of sp³-hybridized carbons (Fsp3) is 0.550. The first-order valence-corrected chi connectivity index (χ1v) is 8.99. The number of fused-ring (bicyclic) bond motifs is 1. The van der Waals surface area contributed by atoms with Crippen molar-refractivity contribution in [1.82, 2.24) is 9.47 Å². The number of hydrogen-bond acceptors (Lipinski definition) is 3. The van der Waals surface area contributed by atoms with Crippen molar-refractivity contribution in [3.05, 3.63) is 36.0 Å². The number of rotatable bonds is 4. The van der Waals surface area contributed by atoms with Crippen molar-refractivity contribution < 1.29 is 9.53 Å². The molecule has 24 heavy (non-hydrogen) atoms. The largest absolute Gasteiger partial charge is 0.446 e. The molecule has 3 rings (SSSR count). The van der Waals surface area contributed by atoms with Crippen LogP contribution in [0.3, 0.4) is 0 Å². The molecule has 130 valence electrons. The Hall–Kier alpha value is -1.81. The zero-order valence-corrected chi connectivity index (χ0v) is 15.0. The minimum Gasteiger partial charge on any atom is -0.446 e. The number of benzene rings is 1. The second-order valence-electron chi connectivity index (χ2n) is 7.36. The van der Waals surface area contributed by atoms with Crippen LogP contribution in [-0.4, -0.2) is 42.3 Å². The number of hydrogen-bond donors (Lipinski definition) is 0. The number of nitrogens with zero attached hydrogens (tertiary/aromatic N) is 2. The van der Waals surface area contributed by atoms with Gasteiger partial charge >= 0.3 is 6.09 Å². The van der Waals surface area contributed by atoms with Crippen LogP contribution in [-0.2, 0) is 11.2 Å². The molecule has 2 aromatic rings. The lowest BCUT2D eigenvalue weighted by atomic mass is 9.89. The van der Waals surface area contributed by atoms with Crippen LogP contribution in [0, 0.1) is 5.92 Å². The van der Waals surface area contributed by atoms with Gasteiger partial charge in [-0.2, -0.15) is 0 Å². The van der Waals surface area contributed by atoms with Gasteiger partial charge in [0.15, 0.2) is 0 Å². The Balaban J connectivity index is 1.79. The van der Waals surface area contributed by atoms with Gasteiger partial charge in [0.1, 0.15) is 6.10 Å². The predicted molar refractivity (Wildman–Crippen MR) is 97.5 cm³/mol. The molecule has 1 aliphatic rings. The summed E-state index contributed by atoms with van der Waals surface area (Å²) in [5.74, 6) is 0.755. The van der Waals surface area contributed by atoms with Gasteiger partial charge in [-0.25, -0.2) is 4.79 Å². The maximum Gasteiger partial charge on any atom is 0.418 e. The molecular formula is C20H28N2O2. The SMILES string of the molecule is CC1CCC(OC(=O)n2cc(CCN(C)C)c3ccccc32)CC1. The van der Waals surface area contributed by atoms with Gasteiger partial charge in [0.25, 0.3) is 0 Å². The average molecular weight is 328 g/mol. The molecule has 0 N–H and O–H groups in total. The number of likely N-dealkylation sites (N-methyl/N-ethyl adjacent to an activating group) is 1. The number of carbonyl (C=O) groups excluding carboxylic acids is 1. The van der Waals surface area contributed by atoms with Crippen molar-refractivity contribution in [2.45, 2.75) is 45.1 Å². The van der Waals surface area contributed by atoms with Gasteiger partial charge in [-0.3, -0.25) is 4.57 Å². The van der Waals surface area contributed by atoms with Gasteiger partial charge in [0.2, 0.25) is 0 Å². The van der Waals surface area contributed by atoms with Gasteiger partial charge in [0, 0.05) is 18.1 Å². The average Bonchev–Trinajstić information content (AvgIpc) is 2.94. The third-order valence-electron chi connectivity index (χ3n) is 5.05. The molecule has 1 heterocycles. The van der Waals surface area contributed by atoms with E-state index in [-0.39, 0.29) is 12.2 Å². The maximum absolute atomic E-state index is 12.7. The summed E-state index contributed by atoms with van der Waals surface area (Å²) in [5, 5.41) is 1.15. The minimum absolute atomic E-state index is 0.0695. The molecule has 0 saturated heterocycles. The molecule has 0 spiro atoms. The third kappa shape index (κ3) is 3.81. The predicted octanol–water partition coefficient (Wildman–Crippen LogP) is 4.31. The topological polar surface area (TPSA) is 34.5 Å². The van der Waals surface area contributed by atoms with Crippen LogP contribution in [0.5, 0.6) is 0 Å². The first-order chi connectivity index (χ1) is 11.5. The number of para-hydroxylation sites is 1. The van der Waals surface area contributed by atoms with Crippen LogP contribution in [0.2, 0.25) is 0 Å². The Morgan fingerprint density at radius 1 is 1.21 bits per heavy atom. The smallest absolute Gasteiger partial charge is 0.418 e. The van der Waals surface area contributed by atoms with Crippen molar-refractivity contribution in [2.75, 3.05) is 20.6 Å². The van der Waals surface area contributed by atoms with Crippen LogP contribution >= 0.6 is 0 Å². The van der Waals surface area contributed by atoms with Crippen molar-refractivity contribution in [3.8, 4) is 0 Å². The van der Waals surface area contributed by atoms with E-state index < -0.39 is 0 Å². The van der Waals surface area contributed by atoms with E-state index >= 15 is 0 Å². The van der Waals surface area contributed by atoms with E-state index in [1.165, 1.54) is 5.56 Å². The Kier molecular flexibility index (Phi) is 5.24. The Morgan fingerprint density at radius 2 is 1.92 bits per heavy atom. The van der Waals surface area contributed by atoms with Crippen LogP contribution in [0.4, 0.5) is 4.79 Å². The summed E-state index contributed by atoms with van der Waals surface area (Å²) >= 11 is 0. The molecule has 1 aromatic heterocycles. The van der Waals surface area contributed by atoms with Crippen molar-refractivity contribution in [1.29, 1.82) is 0 Å². The molecule has 1 fully saturated rings. The molecule has 0 atom stereocenters. The standard InChI is InChI=1S/C20H28N2O2/c1-15-8-10-17(11-9-15)24-20(23)22-14-16(12-13-21(2)3)18-6-4-5-7-19(18)22/h4-7,14-15,17H,8-13H2,1-3H3. The Bertz CT molecular complexity index is 697. The summed E-state index contributed by atoms with van der Waals surface area (Å²) in [6, 6.07) is 8.09. The second-order valence-corrected chi connectivity index (χ2v) is 7.36. The molecule has 4 heteroatoms. The summed E-state index contributed by atoms with van der Waals surface area (Å²) in [4.78, 5) is 14.9. The zero-order valence-electron chi connectivity index (χ0n) is 15.0. The van der Waals surface area contributed by atoms with Gasteiger partial charge in [-0.1, -0.05) is 25.1 Å². The minimum atomic E-state index is -0.234. The second kappa shape index (κ2) is 7.39. The molecule has 0 bridgehead atoms. The van der Waals surface area contributed by atoms with E-state index in [0.717, 1.165) is 55.5 Å². The zero-order chi connectivity index (χ0) is 17.1. The molecule has 4 nitrogen and oxygen atoms in total. The summed E-state index contributed by atoms with van der Waals surface area (Å²) in [6.07, 6.45) is 6.99. The van der Waals surface area contributed by atoms with Crippen LogP contribution in [0.25, 0.3) is 10.9 Å². The molecular weight excluding hydrogens is 300 g/mol. The van der Waals surface area contributed by atoms with Gasteiger partial charge in [-0.15, -0.1) is 0 Å². The summed E-state index contributed by atoms with van der Waals surface area (Å²) in [7, 11) is 4.13. The van der Waals surface area contributed by atoms with Gasteiger partial charge in [-0.05, 0) is 63.7 Å². The quantitative estimate of drug-likeness (QED) is 0.839. The van der Waals surface area contributed by atoms with E-state index in [1.807, 2.05) is 24.4 Å². The maximum atomic E-state index is 12.7. The summed E-state index contributed by atoms with van der Waals surface area (Å²) in [5.41, 5.74) is 2.15. The first-order valence-electron chi connectivity index (χ1n) is 8.99. The molecule has 0 unspecified atom stereocenters. The van der Waals surface area contributed by atoms with Crippen LogP contribution in [0.15, 0.2) is 30.5 Å². The highest BCUT2D eigenvalue weighted by atomic mass is 16.6. The van der Waals surface area contributed by atoms with E-state index in [2.05, 4.69) is 32.0 Å². The van der Waals surface area contributed by atoms with Crippen molar-refractivity contribution in [2.24, 2.45) is 5.92 Å². The summed E-state index contributed by atoms with van der Waals surface area (Å²) < 4.78 is 7.48. The lowest BCUT2D eigenvalue weighted by molar-refractivity contribution is 0.0680. The molecule has 0 amide bonds. The van der Waals surface area contributed by atoms with E-state index in [0.29, 0.717) is 0 Å². The van der Waals surface area contributed by atoms with E-state index in [9.17, 15) is 4.79 Å². The molecule has 1 aromatic carbocycles. The lowest BCUT2D eigenvalue weighted by Crippen LogP contribution is -2.25. The number of aromatic nitrogens is 1.